The minimum absolute atomic E-state index is 0.0148. The van der Waals surface area contributed by atoms with Crippen molar-refractivity contribution in [1.82, 2.24) is 0 Å². The van der Waals surface area contributed by atoms with Crippen LogP contribution in [0, 0.1) is 0 Å². The summed E-state index contributed by atoms with van der Waals surface area (Å²) in [6.07, 6.45) is -1.74. The predicted molar refractivity (Wildman–Crippen MR) is 71.1 cm³/mol. The van der Waals surface area contributed by atoms with Gasteiger partial charge in [0.05, 0.1) is 6.10 Å². The van der Waals surface area contributed by atoms with Crippen LogP contribution in [-0.4, -0.2) is 5.11 Å². The third-order valence-corrected chi connectivity index (χ3v) is 3.12. The SMILES string of the molecule is OC(CCc1ccccc1)c1ccc(C(F)F)cc1. The van der Waals surface area contributed by atoms with Gasteiger partial charge in [0.15, 0.2) is 0 Å². The molecule has 0 fully saturated rings. The Labute approximate surface area is 111 Å². The second-order valence-electron chi connectivity index (χ2n) is 4.51. The molecule has 0 saturated heterocycles. The van der Waals surface area contributed by atoms with Crippen molar-refractivity contribution in [3.63, 3.8) is 0 Å². The van der Waals surface area contributed by atoms with E-state index in [-0.39, 0.29) is 5.56 Å². The molecule has 0 heterocycles. The zero-order valence-corrected chi connectivity index (χ0v) is 10.5. The van der Waals surface area contributed by atoms with Gasteiger partial charge in [0.25, 0.3) is 6.43 Å². The number of rotatable bonds is 5. The highest BCUT2D eigenvalue weighted by atomic mass is 19.3. The van der Waals surface area contributed by atoms with Crippen LogP contribution in [-0.2, 0) is 6.42 Å². The highest BCUT2D eigenvalue weighted by Gasteiger charge is 2.10. The Morgan fingerprint density at radius 3 is 2.00 bits per heavy atom. The van der Waals surface area contributed by atoms with E-state index in [4.69, 9.17) is 0 Å². The van der Waals surface area contributed by atoms with Gasteiger partial charge in [0.2, 0.25) is 0 Å². The van der Waals surface area contributed by atoms with Gasteiger partial charge >= 0.3 is 0 Å². The molecule has 1 nitrogen and oxygen atoms in total. The quantitative estimate of drug-likeness (QED) is 0.852. The summed E-state index contributed by atoms with van der Waals surface area (Å²) in [5.41, 5.74) is 1.82. The van der Waals surface area contributed by atoms with E-state index in [2.05, 4.69) is 0 Å². The molecule has 19 heavy (non-hydrogen) atoms. The number of benzene rings is 2. The Morgan fingerprint density at radius 2 is 1.42 bits per heavy atom. The zero-order chi connectivity index (χ0) is 13.7. The molecule has 1 atom stereocenters. The maximum atomic E-state index is 12.4. The first-order valence-electron chi connectivity index (χ1n) is 6.27. The average molecular weight is 262 g/mol. The number of halogens is 2. The molecule has 2 aromatic rings. The normalized spacial score (nSPS) is 12.6. The lowest BCUT2D eigenvalue weighted by Crippen LogP contribution is -2.00. The largest absolute Gasteiger partial charge is 0.388 e. The van der Waals surface area contributed by atoms with E-state index in [1.54, 1.807) is 12.1 Å². The summed E-state index contributed by atoms with van der Waals surface area (Å²) in [7, 11) is 0. The molecule has 0 aliphatic heterocycles. The molecule has 0 aliphatic rings. The average Bonchev–Trinajstić information content (AvgIpc) is 2.46. The number of alkyl halides is 2. The van der Waals surface area contributed by atoms with Crippen LogP contribution in [0.5, 0.6) is 0 Å². The van der Waals surface area contributed by atoms with Gasteiger partial charge in [0.1, 0.15) is 0 Å². The van der Waals surface area contributed by atoms with Crippen molar-refractivity contribution >= 4 is 0 Å². The Kier molecular flexibility index (Phi) is 4.63. The summed E-state index contributed by atoms with van der Waals surface area (Å²) < 4.78 is 24.8. The maximum absolute atomic E-state index is 12.4. The molecular formula is C16H16F2O. The molecule has 100 valence electrons. The number of aliphatic hydroxyl groups is 1. The molecule has 3 heteroatoms. The molecule has 2 aromatic carbocycles. The van der Waals surface area contributed by atoms with Gasteiger partial charge in [-0.3, -0.25) is 0 Å². The molecule has 2 rings (SSSR count). The first kappa shape index (κ1) is 13.7. The summed E-state index contributed by atoms with van der Waals surface area (Å²) in [5, 5.41) is 10.0. The first-order chi connectivity index (χ1) is 9.16. The summed E-state index contributed by atoms with van der Waals surface area (Å²) in [5.74, 6) is 0. The molecule has 0 aromatic heterocycles. The van der Waals surface area contributed by atoms with E-state index >= 15 is 0 Å². The fraction of sp³-hybridized carbons (Fsp3) is 0.250. The van der Waals surface area contributed by atoms with Crippen molar-refractivity contribution in [3.05, 3.63) is 71.3 Å². The Morgan fingerprint density at radius 1 is 0.842 bits per heavy atom. The summed E-state index contributed by atoms with van der Waals surface area (Å²) in [6, 6.07) is 15.7. The lowest BCUT2D eigenvalue weighted by atomic mass is 10.0. The van der Waals surface area contributed by atoms with Crippen molar-refractivity contribution in [1.29, 1.82) is 0 Å². The van der Waals surface area contributed by atoms with Crippen molar-refractivity contribution < 1.29 is 13.9 Å². The highest BCUT2D eigenvalue weighted by Crippen LogP contribution is 2.23. The Balaban J connectivity index is 1.94. The van der Waals surface area contributed by atoms with Crippen molar-refractivity contribution in [2.24, 2.45) is 0 Å². The summed E-state index contributed by atoms with van der Waals surface area (Å²) in [6.45, 7) is 0. The molecule has 0 radical (unpaired) electrons. The van der Waals surface area contributed by atoms with Crippen molar-refractivity contribution in [2.75, 3.05) is 0 Å². The van der Waals surface area contributed by atoms with Crippen LogP contribution in [0.4, 0.5) is 8.78 Å². The van der Waals surface area contributed by atoms with Crippen LogP contribution in [0.3, 0.4) is 0 Å². The molecule has 0 amide bonds. The standard InChI is InChI=1S/C16H16F2O/c17-16(18)14-9-7-13(8-10-14)15(19)11-6-12-4-2-1-3-5-12/h1-5,7-10,15-16,19H,6,11H2. The maximum Gasteiger partial charge on any atom is 0.263 e. The smallest absolute Gasteiger partial charge is 0.263 e. The van der Waals surface area contributed by atoms with Crippen LogP contribution in [0.1, 0.15) is 35.6 Å². The van der Waals surface area contributed by atoms with E-state index in [1.165, 1.54) is 12.1 Å². The third kappa shape index (κ3) is 3.86. The minimum atomic E-state index is -2.46. The Hall–Kier alpha value is -1.74. The van der Waals surface area contributed by atoms with E-state index < -0.39 is 12.5 Å². The Bertz CT molecular complexity index is 494. The predicted octanol–water partition coefficient (Wildman–Crippen LogP) is 4.29. The lowest BCUT2D eigenvalue weighted by molar-refractivity contribution is 0.150. The van der Waals surface area contributed by atoms with Gasteiger partial charge in [0, 0.05) is 5.56 Å². The lowest BCUT2D eigenvalue weighted by Gasteiger charge is -2.11. The third-order valence-electron chi connectivity index (χ3n) is 3.12. The van der Waals surface area contributed by atoms with Gasteiger partial charge in [-0.25, -0.2) is 8.78 Å². The van der Waals surface area contributed by atoms with Gasteiger partial charge < -0.3 is 5.11 Å². The van der Waals surface area contributed by atoms with Gasteiger partial charge in [-0.15, -0.1) is 0 Å². The number of hydrogen-bond donors (Lipinski definition) is 1. The molecule has 0 aliphatic carbocycles. The van der Waals surface area contributed by atoms with Crippen LogP contribution in [0.25, 0.3) is 0 Å². The second-order valence-corrected chi connectivity index (χ2v) is 4.51. The van der Waals surface area contributed by atoms with Gasteiger partial charge in [-0.2, -0.15) is 0 Å². The zero-order valence-electron chi connectivity index (χ0n) is 10.5. The van der Waals surface area contributed by atoms with E-state index in [9.17, 15) is 13.9 Å². The monoisotopic (exact) mass is 262 g/mol. The molecule has 0 bridgehead atoms. The first-order valence-corrected chi connectivity index (χ1v) is 6.27. The van der Waals surface area contributed by atoms with E-state index in [0.717, 1.165) is 12.0 Å². The van der Waals surface area contributed by atoms with Gasteiger partial charge in [-0.1, -0.05) is 54.6 Å². The van der Waals surface area contributed by atoms with Crippen LogP contribution in [0.15, 0.2) is 54.6 Å². The topological polar surface area (TPSA) is 20.2 Å². The number of hydrogen-bond acceptors (Lipinski definition) is 1. The van der Waals surface area contributed by atoms with Crippen LogP contribution >= 0.6 is 0 Å². The van der Waals surface area contributed by atoms with Gasteiger partial charge in [-0.05, 0) is 24.0 Å². The van der Waals surface area contributed by atoms with Crippen LogP contribution in [0.2, 0.25) is 0 Å². The highest BCUT2D eigenvalue weighted by molar-refractivity contribution is 5.25. The molecule has 0 saturated carbocycles. The molecule has 1 unspecified atom stereocenters. The van der Waals surface area contributed by atoms with E-state index in [1.807, 2.05) is 30.3 Å². The molecular weight excluding hydrogens is 246 g/mol. The van der Waals surface area contributed by atoms with Crippen molar-refractivity contribution in [2.45, 2.75) is 25.4 Å². The van der Waals surface area contributed by atoms with Crippen molar-refractivity contribution in [3.8, 4) is 0 Å². The van der Waals surface area contributed by atoms with E-state index in [0.29, 0.717) is 12.0 Å². The summed E-state index contributed by atoms with van der Waals surface area (Å²) in [4.78, 5) is 0. The summed E-state index contributed by atoms with van der Waals surface area (Å²) >= 11 is 0. The fourth-order valence-corrected chi connectivity index (χ4v) is 1.98. The minimum Gasteiger partial charge on any atom is -0.388 e. The van der Waals surface area contributed by atoms with Crippen LogP contribution < -0.4 is 0 Å². The molecule has 1 N–H and O–H groups in total. The molecule has 0 spiro atoms. The number of aliphatic hydroxyl groups excluding tert-OH is 1. The second kappa shape index (κ2) is 6.43. The fourth-order valence-electron chi connectivity index (χ4n) is 1.98. The number of aryl methyl sites for hydroxylation is 1.